The highest BCUT2D eigenvalue weighted by atomic mass is 32.2. The predicted molar refractivity (Wildman–Crippen MR) is 111 cm³/mol. The number of hydrogen-bond acceptors (Lipinski definition) is 3. The molecule has 0 bridgehead atoms. The topological polar surface area (TPSA) is 55.4 Å². The quantitative estimate of drug-likeness (QED) is 0.613. The summed E-state index contributed by atoms with van der Waals surface area (Å²) in [5.41, 5.74) is 2.68. The number of rotatable bonds is 7. The Labute approximate surface area is 161 Å². The monoisotopic (exact) mass is 383 g/mol. The molecule has 0 atom stereocenters. The van der Waals surface area contributed by atoms with Gasteiger partial charge in [0.15, 0.2) is 0 Å². The maximum atomic E-state index is 13.3. The molecule has 0 saturated heterocycles. The Morgan fingerprint density at radius 1 is 0.815 bits per heavy atom. The van der Waals surface area contributed by atoms with Crippen molar-refractivity contribution in [2.45, 2.75) is 38.5 Å². The van der Waals surface area contributed by atoms with Gasteiger partial charge in [-0.15, -0.1) is 0 Å². The fraction of sp³-hybridized carbons (Fsp3) is 0.273. The van der Waals surface area contributed by atoms with Crippen LogP contribution in [0.3, 0.4) is 0 Å². The van der Waals surface area contributed by atoms with Crippen molar-refractivity contribution in [3.8, 4) is 5.75 Å². The molecule has 0 aliphatic carbocycles. The Morgan fingerprint density at radius 3 is 2.04 bits per heavy atom. The number of aryl methyl sites for hydroxylation is 2. The first-order valence-corrected chi connectivity index (χ1v) is 10.8. The Hall–Kier alpha value is -2.53. The van der Waals surface area contributed by atoms with Crippen LogP contribution in [0.25, 0.3) is 10.8 Å². The van der Waals surface area contributed by atoms with Crippen LogP contribution < -0.4 is 9.46 Å². The zero-order valence-electron chi connectivity index (χ0n) is 16.0. The van der Waals surface area contributed by atoms with E-state index in [1.165, 1.54) is 0 Å². The number of anilines is 1. The maximum absolute atomic E-state index is 13.3. The van der Waals surface area contributed by atoms with E-state index >= 15 is 0 Å². The van der Waals surface area contributed by atoms with Crippen molar-refractivity contribution in [2.24, 2.45) is 0 Å². The highest BCUT2D eigenvalue weighted by Gasteiger charge is 2.21. The summed E-state index contributed by atoms with van der Waals surface area (Å²) in [6, 6.07) is 16.7. The Morgan fingerprint density at radius 2 is 1.44 bits per heavy atom. The van der Waals surface area contributed by atoms with E-state index in [9.17, 15) is 8.42 Å². The van der Waals surface area contributed by atoms with Crippen molar-refractivity contribution in [1.82, 2.24) is 0 Å². The van der Waals surface area contributed by atoms with Crippen molar-refractivity contribution in [1.29, 1.82) is 0 Å². The largest absolute Gasteiger partial charge is 0.493 e. The van der Waals surface area contributed by atoms with Crippen molar-refractivity contribution in [3.63, 3.8) is 0 Å². The van der Waals surface area contributed by atoms with Gasteiger partial charge in [0.05, 0.1) is 17.2 Å². The second kappa shape index (κ2) is 8.01. The molecule has 142 valence electrons. The lowest BCUT2D eigenvalue weighted by Crippen LogP contribution is -2.16. The standard InChI is InChI=1S/C22H25NO3S/c1-4-16-10-9-11-17(5-2)22(16)23-27(24,25)21-15-14-20(26-6-3)18-12-7-8-13-19(18)21/h7-15,23H,4-6H2,1-3H3. The smallest absolute Gasteiger partial charge is 0.262 e. The van der Waals surface area contributed by atoms with Gasteiger partial charge < -0.3 is 4.74 Å². The van der Waals surface area contributed by atoms with Gasteiger partial charge >= 0.3 is 0 Å². The lowest BCUT2D eigenvalue weighted by atomic mass is 10.0. The van der Waals surface area contributed by atoms with E-state index in [1.807, 2.05) is 63.2 Å². The predicted octanol–water partition coefficient (Wildman–Crippen LogP) is 5.16. The number of para-hydroxylation sites is 1. The Kier molecular flexibility index (Phi) is 5.71. The Bertz CT molecular complexity index is 1040. The van der Waals surface area contributed by atoms with Crippen LogP contribution in [0.1, 0.15) is 31.9 Å². The molecule has 4 nitrogen and oxygen atoms in total. The molecule has 0 amide bonds. The van der Waals surface area contributed by atoms with Crippen LogP contribution in [0, 0.1) is 0 Å². The molecule has 0 aromatic heterocycles. The zero-order valence-corrected chi connectivity index (χ0v) is 16.8. The molecule has 3 rings (SSSR count). The Balaban J connectivity index is 2.14. The average Bonchev–Trinajstić information content (AvgIpc) is 2.68. The molecular formula is C22H25NO3S. The van der Waals surface area contributed by atoms with E-state index < -0.39 is 10.0 Å². The van der Waals surface area contributed by atoms with Gasteiger partial charge in [0.1, 0.15) is 5.75 Å². The molecule has 0 aliphatic heterocycles. The summed E-state index contributed by atoms with van der Waals surface area (Å²) < 4.78 is 35.0. The number of sulfonamides is 1. The summed E-state index contributed by atoms with van der Waals surface area (Å²) in [6.45, 7) is 6.49. The van der Waals surface area contributed by atoms with Gasteiger partial charge in [0, 0.05) is 10.8 Å². The van der Waals surface area contributed by atoms with Crippen LogP contribution in [0.15, 0.2) is 59.5 Å². The van der Waals surface area contributed by atoms with E-state index in [2.05, 4.69) is 4.72 Å². The molecule has 1 N–H and O–H groups in total. The number of hydrogen-bond donors (Lipinski definition) is 1. The summed E-state index contributed by atoms with van der Waals surface area (Å²) in [5.74, 6) is 0.690. The van der Waals surface area contributed by atoms with Gasteiger partial charge in [-0.1, -0.05) is 56.3 Å². The van der Waals surface area contributed by atoms with E-state index in [4.69, 9.17) is 4.74 Å². The molecular weight excluding hydrogens is 358 g/mol. The SMILES string of the molecule is CCOc1ccc(S(=O)(=O)Nc2c(CC)cccc2CC)c2ccccc12. The van der Waals surface area contributed by atoms with Gasteiger partial charge in [-0.25, -0.2) is 8.42 Å². The van der Waals surface area contributed by atoms with Crippen LogP contribution in [0.4, 0.5) is 5.69 Å². The first-order valence-electron chi connectivity index (χ1n) is 9.29. The van der Waals surface area contributed by atoms with Crippen LogP contribution in [0.5, 0.6) is 5.75 Å². The molecule has 3 aromatic carbocycles. The highest BCUT2D eigenvalue weighted by Crippen LogP contribution is 2.33. The molecule has 0 spiro atoms. The first kappa shape index (κ1) is 19.2. The summed E-state index contributed by atoms with van der Waals surface area (Å²) in [5, 5.41) is 1.45. The third-order valence-corrected chi connectivity index (χ3v) is 6.08. The summed E-state index contributed by atoms with van der Waals surface area (Å²) >= 11 is 0. The van der Waals surface area contributed by atoms with Crippen molar-refractivity contribution in [2.75, 3.05) is 11.3 Å². The van der Waals surface area contributed by atoms with Crippen LogP contribution in [-0.2, 0) is 22.9 Å². The third-order valence-electron chi connectivity index (χ3n) is 4.67. The van der Waals surface area contributed by atoms with Crippen molar-refractivity contribution in [3.05, 3.63) is 65.7 Å². The molecule has 0 fully saturated rings. The fourth-order valence-corrected chi connectivity index (χ4v) is 4.68. The van der Waals surface area contributed by atoms with Gasteiger partial charge in [0.2, 0.25) is 0 Å². The maximum Gasteiger partial charge on any atom is 0.262 e. The van der Waals surface area contributed by atoms with Crippen molar-refractivity contribution >= 4 is 26.5 Å². The number of ether oxygens (including phenoxy) is 1. The second-order valence-corrected chi connectivity index (χ2v) is 7.96. The highest BCUT2D eigenvalue weighted by molar-refractivity contribution is 7.93. The lowest BCUT2D eigenvalue weighted by Gasteiger charge is -2.17. The molecule has 5 heteroatoms. The molecule has 0 saturated carbocycles. The van der Waals surface area contributed by atoms with E-state index in [-0.39, 0.29) is 4.90 Å². The summed E-state index contributed by atoms with van der Waals surface area (Å²) in [7, 11) is -3.74. The number of fused-ring (bicyclic) bond motifs is 1. The zero-order chi connectivity index (χ0) is 19.4. The third kappa shape index (κ3) is 3.78. The normalized spacial score (nSPS) is 11.5. The van der Waals surface area contributed by atoms with Gasteiger partial charge in [-0.2, -0.15) is 0 Å². The van der Waals surface area contributed by atoms with E-state index in [0.29, 0.717) is 23.4 Å². The minimum absolute atomic E-state index is 0.259. The number of benzene rings is 3. The average molecular weight is 384 g/mol. The molecule has 0 heterocycles. The first-order chi connectivity index (χ1) is 13.0. The second-order valence-electron chi connectivity index (χ2n) is 6.30. The van der Waals surface area contributed by atoms with Crippen molar-refractivity contribution < 1.29 is 13.2 Å². The number of nitrogens with one attached hydrogen (secondary N) is 1. The minimum Gasteiger partial charge on any atom is -0.493 e. The fourth-order valence-electron chi connectivity index (χ4n) is 3.32. The molecule has 27 heavy (non-hydrogen) atoms. The summed E-state index contributed by atoms with van der Waals surface area (Å²) in [6.07, 6.45) is 1.52. The van der Waals surface area contributed by atoms with Crippen LogP contribution >= 0.6 is 0 Å². The molecule has 0 unspecified atom stereocenters. The van der Waals surface area contributed by atoms with Crippen LogP contribution in [-0.4, -0.2) is 15.0 Å². The molecule has 0 radical (unpaired) electrons. The van der Waals surface area contributed by atoms with Gasteiger partial charge in [-0.05, 0) is 43.0 Å². The summed E-state index contributed by atoms with van der Waals surface area (Å²) in [4.78, 5) is 0.259. The molecule has 0 aliphatic rings. The van der Waals surface area contributed by atoms with Gasteiger partial charge in [0.25, 0.3) is 10.0 Å². The van der Waals surface area contributed by atoms with E-state index in [1.54, 1.807) is 12.1 Å². The lowest BCUT2D eigenvalue weighted by molar-refractivity contribution is 0.344. The van der Waals surface area contributed by atoms with Gasteiger partial charge in [-0.3, -0.25) is 4.72 Å². The molecule has 3 aromatic rings. The van der Waals surface area contributed by atoms with E-state index in [0.717, 1.165) is 29.4 Å². The van der Waals surface area contributed by atoms with Crippen LogP contribution in [0.2, 0.25) is 0 Å². The minimum atomic E-state index is -3.74.